The van der Waals surface area contributed by atoms with Crippen molar-refractivity contribution in [2.45, 2.75) is 0 Å². The van der Waals surface area contributed by atoms with Crippen LogP contribution in [-0.2, 0) is 14.2 Å². The minimum Gasteiger partial charge on any atom is -0.463 e. The molecule has 1 fully saturated rings. The van der Waals surface area contributed by atoms with Crippen LogP contribution in [-0.4, -0.2) is 76.5 Å². The van der Waals surface area contributed by atoms with Crippen LogP contribution in [0.15, 0.2) is 23.2 Å². The van der Waals surface area contributed by atoms with E-state index in [0.717, 1.165) is 32.8 Å². The standard InChI is InChI=1S/C17H23Cl2N3O4/c1-24-10-11-26-17(20-4-5-22-6-8-25-9-7-22)21-16(23)13-2-3-14(18)15(19)12-13/h2-3,12H,4-11H2,1H3,(H,20,21,23). The summed E-state index contributed by atoms with van der Waals surface area (Å²) >= 11 is 11.8. The van der Waals surface area contributed by atoms with Gasteiger partial charge in [-0.15, -0.1) is 0 Å². The highest BCUT2D eigenvalue weighted by atomic mass is 35.5. The number of hydrogen-bond donors (Lipinski definition) is 1. The topological polar surface area (TPSA) is 72.4 Å². The van der Waals surface area contributed by atoms with Gasteiger partial charge in [-0.05, 0) is 18.2 Å². The first kappa shape index (κ1) is 20.9. The Morgan fingerprint density at radius 1 is 1.27 bits per heavy atom. The Labute approximate surface area is 163 Å². The summed E-state index contributed by atoms with van der Waals surface area (Å²) in [6.45, 7) is 5.17. The fourth-order valence-electron chi connectivity index (χ4n) is 2.27. The lowest BCUT2D eigenvalue weighted by Crippen LogP contribution is -2.38. The first-order valence-corrected chi connectivity index (χ1v) is 9.08. The van der Waals surface area contributed by atoms with E-state index in [4.69, 9.17) is 37.4 Å². The van der Waals surface area contributed by atoms with E-state index in [0.29, 0.717) is 28.8 Å². The molecule has 0 unspecified atom stereocenters. The van der Waals surface area contributed by atoms with Gasteiger partial charge in [0.15, 0.2) is 0 Å². The number of morpholine rings is 1. The molecule has 1 amide bonds. The Balaban J connectivity index is 1.94. The fraction of sp³-hybridized carbons (Fsp3) is 0.529. The van der Waals surface area contributed by atoms with Gasteiger partial charge in [0, 0.05) is 32.3 Å². The van der Waals surface area contributed by atoms with Crippen molar-refractivity contribution in [2.75, 3.05) is 59.7 Å². The van der Waals surface area contributed by atoms with E-state index < -0.39 is 0 Å². The SMILES string of the molecule is COCCOC(=NCCN1CCOCC1)NC(=O)c1ccc(Cl)c(Cl)c1. The largest absolute Gasteiger partial charge is 0.463 e. The molecule has 7 nitrogen and oxygen atoms in total. The first-order valence-electron chi connectivity index (χ1n) is 8.33. The molecule has 1 heterocycles. The number of nitrogens with one attached hydrogen (secondary N) is 1. The normalized spacial score (nSPS) is 15.7. The van der Waals surface area contributed by atoms with Gasteiger partial charge in [0.05, 0.1) is 36.4 Å². The van der Waals surface area contributed by atoms with Gasteiger partial charge in [0.25, 0.3) is 11.9 Å². The quantitative estimate of drug-likeness (QED) is 0.428. The summed E-state index contributed by atoms with van der Waals surface area (Å²) < 4.78 is 15.8. The third-order valence-electron chi connectivity index (χ3n) is 3.70. The van der Waals surface area contributed by atoms with Crippen LogP contribution < -0.4 is 5.32 Å². The van der Waals surface area contributed by atoms with E-state index in [1.54, 1.807) is 19.2 Å². The van der Waals surface area contributed by atoms with Crippen molar-refractivity contribution in [1.29, 1.82) is 0 Å². The predicted molar refractivity (Wildman–Crippen MR) is 101 cm³/mol. The van der Waals surface area contributed by atoms with E-state index in [-0.39, 0.29) is 18.5 Å². The van der Waals surface area contributed by atoms with Gasteiger partial charge in [0.2, 0.25) is 0 Å². The summed E-state index contributed by atoms with van der Waals surface area (Å²) in [6, 6.07) is 4.82. The summed E-state index contributed by atoms with van der Waals surface area (Å²) in [5.74, 6) is -0.369. The molecule has 26 heavy (non-hydrogen) atoms. The van der Waals surface area contributed by atoms with E-state index in [9.17, 15) is 4.79 Å². The van der Waals surface area contributed by atoms with E-state index in [1.807, 2.05) is 0 Å². The van der Waals surface area contributed by atoms with Gasteiger partial charge in [-0.25, -0.2) is 4.99 Å². The lowest BCUT2D eigenvalue weighted by molar-refractivity contribution is 0.0393. The Morgan fingerprint density at radius 2 is 2.04 bits per heavy atom. The molecular formula is C17H23Cl2N3O4. The zero-order valence-corrected chi connectivity index (χ0v) is 16.2. The molecule has 0 saturated carbocycles. The highest BCUT2D eigenvalue weighted by molar-refractivity contribution is 6.42. The monoisotopic (exact) mass is 403 g/mol. The molecule has 1 aromatic rings. The number of nitrogens with zero attached hydrogens (tertiary/aromatic N) is 2. The maximum absolute atomic E-state index is 12.4. The molecule has 0 bridgehead atoms. The van der Waals surface area contributed by atoms with Crippen LogP contribution >= 0.6 is 23.2 Å². The minimum atomic E-state index is -0.369. The van der Waals surface area contributed by atoms with Crippen LogP contribution in [0.3, 0.4) is 0 Å². The second-order valence-corrected chi connectivity index (χ2v) is 6.38. The average molecular weight is 404 g/mol. The first-order chi connectivity index (χ1) is 12.6. The number of carbonyl (C=O) groups is 1. The average Bonchev–Trinajstić information content (AvgIpc) is 2.64. The Morgan fingerprint density at radius 3 is 2.73 bits per heavy atom. The molecule has 0 aromatic heterocycles. The van der Waals surface area contributed by atoms with Crippen molar-refractivity contribution < 1.29 is 19.0 Å². The molecule has 0 atom stereocenters. The van der Waals surface area contributed by atoms with Crippen LogP contribution in [0.1, 0.15) is 10.4 Å². The Bertz CT molecular complexity index is 622. The van der Waals surface area contributed by atoms with E-state index in [1.165, 1.54) is 6.07 Å². The Kier molecular flexibility index (Phi) is 9.14. The van der Waals surface area contributed by atoms with Gasteiger partial charge in [-0.1, -0.05) is 23.2 Å². The van der Waals surface area contributed by atoms with Crippen molar-refractivity contribution in [2.24, 2.45) is 4.99 Å². The number of amidine groups is 1. The van der Waals surface area contributed by atoms with E-state index >= 15 is 0 Å². The second-order valence-electron chi connectivity index (χ2n) is 5.57. The van der Waals surface area contributed by atoms with E-state index in [2.05, 4.69) is 15.2 Å². The molecule has 1 aliphatic rings. The third kappa shape index (κ3) is 7.09. The van der Waals surface area contributed by atoms with Crippen molar-refractivity contribution in [3.63, 3.8) is 0 Å². The second kappa shape index (κ2) is 11.4. The zero-order chi connectivity index (χ0) is 18.8. The molecule has 144 valence electrons. The molecule has 1 aliphatic heterocycles. The molecule has 1 aromatic carbocycles. The maximum atomic E-state index is 12.4. The number of hydrogen-bond acceptors (Lipinski definition) is 6. The van der Waals surface area contributed by atoms with Gasteiger partial charge >= 0.3 is 0 Å². The molecule has 0 aliphatic carbocycles. The molecule has 1 N–H and O–H groups in total. The van der Waals surface area contributed by atoms with Crippen LogP contribution in [0, 0.1) is 0 Å². The third-order valence-corrected chi connectivity index (χ3v) is 4.44. The lowest BCUT2D eigenvalue weighted by atomic mass is 10.2. The van der Waals surface area contributed by atoms with Gasteiger partial charge < -0.3 is 14.2 Å². The molecule has 2 rings (SSSR count). The van der Waals surface area contributed by atoms with Crippen molar-refractivity contribution in [1.82, 2.24) is 10.2 Å². The molecule has 9 heteroatoms. The number of carbonyl (C=O) groups excluding carboxylic acids is 1. The van der Waals surface area contributed by atoms with Crippen LogP contribution in [0.2, 0.25) is 10.0 Å². The highest BCUT2D eigenvalue weighted by Gasteiger charge is 2.13. The number of halogens is 2. The van der Waals surface area contributed by atoms with Crippen molar-refractivity contribution in [3.05, 3.63) is 33.8 Å². The molecular weight excluding hydrogens is 381 g/mol. The smallest absolute Gasteiger partial charge is 0.291 e. The lowest BCUT2D eigenvalue weighted by Gasteiger charge is -2.25. The van der Waals surface area contributed by atoms with Crippen LogP contribution in [0.4, 0.5) is 0 Å². The number of ether oxygens (including phenoxy) is 3. The zero-order valence-electron chi connectivity index (χ0n) is 14.7. The Hall–Kier alpha value is -1.38. The van der Waals surface area contributed by atoms with Gasteiger partial charge in [-0.2, -0.15) is 0 Å². The number of rotatable bonds is 7. The van der Waals surface area contributed by atoms with Crippen molar-refractivity contribution >= 4 is 35.1 Å². The summed E-state index contributed by atoms with van der Waals surface area (Å²) in [5.41, 5.74) is 0.371. The summed E-state index contributed by atoms with van der Waals surface area (Å²) in [7, 11) is 1.58. The maximum Gasteiger partial charge on any atom is 0.291 e. The fourth-order valence-corrected chi connectivity index (χ4v) is 2.57. The predicted octanol–water partition coefficient (Wildman–Crippen LogP) is 2.07. The van der Waals surface area contributed by atoms with Gasteiger partial charge in [-0.3, -0.25) is 15.0 Å². The van der Waals surface area contributed by atoms with Crippen molar-refractivity contribution in [3.8, 4) is 0 Å². The van der Waals surface area contributed by atoms with Gasteiger partial charge in [0.1, 0.15) is 6.61 Å². The molecule has 1 saturated heterocycles. The summed E-state index contributed by atoms with van der Waals surface area (Å²) in [4.78, 5) is 19.0. The highest BCUT2D eigenvalue weighted by Crippen LogP contribution is 2.22. The summed E-state index contributed by atoms with van der Waals surface area (Å²) in [5, 5.41) is 3.36. The number of amides is 1. The number of aliphatic imine (C=N–C) groups is 1. The van der Waals surface area contributed by atoms with Crippen LogP contribution in [0.5, 0.6) is 0 Å². The molecule has 0 radical (unpaired) electrons. The summed E-state index contributed by atoms with van der Waals surface area (Å²) in [6.07, 6.45) is 0. The number of methoxy groups -OCH3 is 1. The van der Waals surface area contributed by atoms with Crippen LogP contribution in [0.25, 0.3) is 0 Å². The number of benzene rings is 1. The minimum absolute atomic E-state index is 0.159. The molecule has 0 spiro atoms.